The van der Waals surface area contributed by atoms with E-state index in [1.807, 2.05) is 14.1 Å². The van der Waals surface area contributed by atoms with Gasteiger partial charge < -0.3 is 15.4 Å². The van der Waals surface area contributed by atoms with Gasteiger partial charge >= 0.3 is 5.69 Å². The fourth-order valence-corrected chi connectivity index (χ4v) is 4.22. The second kappa shape index (κ2) is 5.89. The number of hydrogen-bond acceptors (Lipinski definition) is 5. The van der Waals surface area contributed by atoms with Crippen LogP contribution in [0.25, 0.3) is 10.2 Å². The lowest BCUT2D eigenvalue weighted by atomic mass is 9.94. The topological polar surface area (TPSA) is 75.2 Å². The van der Waals surface area contributed by atoms with Crippen molar-refractivity contribution in [2.24, 2.45) is 0 Å². The smallest absolute Gasteiger partial charge is 0.370 e. The van der Waals surface area contributed by atoms with Crippen LogP contribution in [0.5, 0.6) is 0 Å². The molecule has 0 spiro atoms. The molecule has 1 aliphatic heterocycles. The fraction of sp³-hybridized carbons (Fsp3) is 0.625. The van der Waals surface area contributed by atoms with Crippen LogP contribution in [0.2, 0.25) is 0 Å². The number of aromatic amines is 1. The second-order valence-electron chi connectivity index (χ2n) is 7.06. The first-order chi connectivity index (χ1) is 10.8. The number of aromatic nitrogens is 2. The molecule has 1 aliphatic rings. The third kappa shape index (κ3) is 3.13. The van der Waals surface area contributed by atoms with Gasteiger partial charge in [0.2, 0.25) is 5.82 Å². The van der Waals surface area contributed by atoms with Crippen molar-refractivity contribution in [2.75, 3.05) is 26.4 Å². The Kier molecular flexibility index (Phi) is 4.20. The maximum atomic E-state index is 12.4. The Hall–Kier alpha value is -1.44. The summed E-state index contributed by atoms with van der Waals surface area (Å²) in [6, 6.07) is 0. The number of hydrogen-bond donors (Lipinski definition) is 2. The van der Waals surface area contributed by atoms with Crippen molar-refractivity contribution in [3.05, 3.63) is 20.9 Å². The van der Waals surface area contributed by atoms with Crippen LogP contribution >= 0.6 is 11.3 Å². The maximum Gasteiger partial charge on any atom is 0.441 e. The van der Waals surface area contributed by atoms with Gasteiger partial charge in [0.25, 0.3) is 0 Å². The molecule has 0 unspecified atom stereocenters. The zero-order valence-electron chi connectivity index (χ0n) is 14.2. The lowest BCUT2D eigenvalue weighted by Crippen LogP contribution is -2.53. The largest absolute Gasteiger partial charge is 0.441 e. The molecule has 2 aromatic heterocycles. The van der Waals surface area contributed by atoms with Crippen LogP contribution in [0.4, 0.5) is 5.82 Å². The van der Waals surface area contributed by atoms with E-state index < -0.39 is 0 Å². The van der Waals surface area contributed by atoms with Crippen molar-refractivity contribution in [1.29, 1.82) is 0 Å². The van der Waals surface area contributed by atoms with Crippen molar-refractivity contribution in [3.63, 3.8) is 0 Å². The Morgan fingerprint density at radius 2 is 2.17 bits per heavy atom. The monoisotopic (exact) mass is 337 g/mol. The molecule has 0 aliphatic carbocycles. The molecule has 3 N–H and O–H groups in total. The Labute approximate surface area is 139 Å². The summed E-state index contributed by atoms with van der Waals surface area (Å²) in [7, 11) is 4.05. The number of thiophene rings is 1. The minimum absolute atomic E-state index is 0.132. The summed E-state index contributed by atoms with van der Waals surface area (Å²) in [5, 5.41) is 1.01. The molecular formula is C16H25N4O2S+. The van der Waals surface area contributed by atoms with E-state index in [1.54, 1.807) is 15.9 Å². The minimum Gasteiger partial charge on any atom is -0.370 e. The molecule has 3 rings (SSSR count). The normalized spacial score (nSPS) is 16.9. The standard InChI is InChI=1S/C16H24N4O2S/c1-16(2)8-10-11(9-22-16)23-14-12(10)13(17)20(15(21)18-14)7-5-6-19(3)4/h5-9H2,1-4H3,(H2,17,18,21)/p+1. The summed E-state index contributed by atoms with van der Waals surface area (Å²) in [5.74, 6) is 0.581. The molecule has 0 amide bonds. The number of anilines is 1. The first-order valence-corrected chi connectivity index (χ1v) is 8.75. The maximum absolute atomic E-state index is 12.4. The predicted molar refractivity (Wildman–Crippen MR) is 92.8 cm³/mol. The van der Waals surface area contributed by atoms with Crippen LogP contribution in [0.1, 0.15) is 30.7 Å². The van der Waals surface area contributed by atoms with Crippen molar-refractivity contribution in [3.8, 4) is 0 Å². The average molecular weight is 337 g/mol. The van der Waals surface area contributed by atoms with Gasteiger partial charge in [0, 0.05) is 17.8 Å². The van der Waals surface area contributed by atoms with E-state index in [0.29, 0.717) is 19.0 Å². The van der Waals surface area contributed by atoms with E-state index in [0.717, 1.165) is 29.6 Å². The van der Waals surface area contributed by atoms with Gasteiger partial charge in [-0.1, -0.05) is 0 Å². The molecule has 6 nitrogen and oxygen atoms in total. The van der Waals surface area contributed by atoms with Gasteiger partial charge in [0.1, 0.15) is 5.39 Å². The number of nitrogens with one attached hydrogen (secondary N) is 1. The lowest BCUT2D eigenvalue weighted by Gasteiger charge is -2.29. The summed E-state index contributed by atoms with van der Waals surface area (Å²) in [4.78, 5) is 19.5. The number of rotatable bonds is 4. The second-order valence-corrected chi connectivity index (χ2v) is 8.16. The summed E-state index contributed by atoms with van der Waals surface area (Å²) in [6.07, 6.45) is 1.70. The van der Waals surface area contributed by atoms with Crippen molar-refractivity contribution >= 4 is 27.4 Å². The van der Waals surface area contributed by atoms with Crippen LogP contribution in [0.15, 0.2) is 4.79 Å². The molecular weight excluding hydrogens is 312 g/mol. The van der Waals surface area contributed by atoms with Crippen molar-refractivity contribution in [2.45, 2.75) is 45.4 Å². The Morgan fingerprint density at radius 1 is 1.43 bits per heavy atom. The zero-order chi connectivity index (χ0) is 16.8. The molecule has 0 fully saturated rings. The summed E-state index contributed by atoms with van der Waals surface area (Å²) < 4.78 is 7.55. The highest BCUT2D eigenvalue weighted by Gasteiger charge is 2.32. The van der Waals surface area contributed by atoms with E-state index in [4.69, 9.17) is 10.5 Å². The SMILES string of the molecule is CN(C)CCC[n+]1c(N)c2c3c(sc2[nH]c1=O)COC(C)(C)C3. The molecule has 126 valence electrons. The van der Waals surface area contributed by atoms with Crippen LogP contribution in [0, 0.1) is 0 Å². The number of nitrogens with two attached hydrogens (primary N) is 1. The predicted octanol–water partition coefficient (Wildman–Crippen LogP) is 1.26. The molecule has 0 saturated carbocycles. The molecule has 0 bridgehead atoms. The number of ether oxygens (including phenoxy) is 1. The third-order valence-corrected chi connectivity index (χ3v) is 5.41. The van der Waals surface area contributed by atoms with Crippen molar-refractivity contribution < 1.29 is 9.30 Å². The van der Waals surface area contributed by atoms with Gasteiger partial charge in [-0.3, -0.25) is 0 Å². The van der Waals surface area contributed by atoms with E-state index in [2.05, 4.69) is 23.7 Å². The summed E-state index contributed by atoms with van der Waals surface area (Å²) in [6.45, 7) is 6.31. The molecule has 23 heavy (non-hydrogen) atoms. The van der Waals surface area contributed by atoms with Crippen molar-refractivity contribution in [1.82, 2.24) is 9.88 Å². The molecule has 3 heterocycles. The van der Waals surface area contributed by atoms with Crippen LogP contribution in [-0.2, 0) is 24.3 Å². The average Bonchev–Trinajstić information content (AvgIpc) is 2.78. The molecule has 2 aromatic rings. The first kappa shape index (κ1) is 16.4. The van der Waals surface area contributed by atoms with E-state index in [1.165, 1.54) is 10.4 Å². The highest BCUT2D eigenvalue weighted by molar-refractivity contribution is 7.18. The van der Waals surface area contributed by atoms with E-state index in [9.17, 15) is 4.79 Å². The molecule has 7 heteroatoms. The highest BCUT2D eigenvalue weighted by atomic mass is 32.1. The van der Waals surface area contributed by atoms with Gasteiger partial charge in [-0.2, -0.15) is 4.57 Å². The molecule has 0 saturated heterocycles. The minimum atomic E-state index is -0.195. The highest BCUT2D eigenvalue weighted by Crippen LogP contribution is 2.39. The molecule has 0 radical (unpaired) electrons. The third-order valence-electron chi connectivity index (χ3n) is 4.29. The number of nitrogens with zero attached hydrogens (tertiary/aromatic N) is 2. The Morgan fingerprint density at radius 3 is 2.87 bits per heavy atom. The van der Waals surface area contributed by atoms with Gasteiger partial charge in [0.05, 0.1) is 18.8 Å². The van der Waals surface area contributed by atoms with Crippen LogP contribution < -0.4 is 16.0 Å². The Bertz CT molecular complexity index is 791. The summed E-state index contributed by atoms with van der Waals surface area (Å²) >= 11 is 1.58. The van der Waals surface area contributed by atoms with Crippen LogP contribution in [-0.4, -0.2) is 36.1 Å². The summed E-state index contributed by atoms with van der Waals surface area (Å²) in [5.41, 5.74) is 7.29. The van der Waals surface area contributed by atoms with Crippen LogP contribution in [0.3, 0.4) is 0 Å². The number of fused-ring (bicyclic) bond motifs is 3. The number of nitrogen functional groups attached to an aromatic ring is 1. The zero-order valence-corrected chi connectivity index (χ0v) is 15.0. The quantitative estimate of drug-likeness (QED) is 0.824. The lowest BCUT2D eigenvalue weighted by molar-refractivity contribution is -0.699. The molecule has 0 aromatic carbocycles. The van der Waals surface area contributed by atoms with E-state index in [-0.39, 0.29) is 11.3 Å². The Balaban J connectivity index is 2.05. The van der Waals surface area contributed by atoms with Gasteiger partial charge in [-0.15, -0.1) is 11.3 Å². The van der Waals surface area contributed by atoms with Gasteiger partial charge in [0.15, 0.2) is 4.83 Å². The van der Waals surface area contributed by atoms with Gasteiger partial charge in [-0.25, -0.2) is 9.78 Å². The number of H-pyrrole nitrogens is 1. The fourth-order valence-electron chi connectivity index (χ4n) is 3.09. The van der Waals surface area contributed by atoms with E-state index >= 15 is 0 Å². The molecule has 0 atom stereocenters. The van der Waals surface area contributed by atoms with Gasteiger partial charge in [-0.05, 0) is 39.9 Å². The first-order valence-electron chi connectivity index (χ1n) is 7.93.